The third-order valence-electron chi connectivity index (χ3n) is 3.84. The molecule has 0 aliphatic rings. The van der Waals surface area contributed by atoms with Gasteiger partial charge < -0.3 is 4.74 Å². The van der Waals surface area contributed by atoms with Crippen LogP contribution in [0.4, 0.5) is 0 Å². The van der Waals surface area contributed by atoms with E-state index in [9.17, 15) is 4.79 Å². The Morgan fingerprint density at radius 2 is 1.86 bits per heavy atom. The number of ether oxygens (including phenoxy) is 1. The van der Waals surface area contributed by atoms with Gasteiger partial charge in [-0.15, -0.1) is 5.10 Å². The third-order valence-corrected chi connectivity index (χ3v) is 3.84. The maximum atomic E-state index is 11.8. The molecule has 0 bridgehead atoms. The number of nitrogens with one attached hydrogen (secondary N) is 1. The molecule has 0 aliphatic heterocycles. The molecule has 112 valence electrons. The molecule has 0 spiro atoms. The largest absolute Gasteiger partial charge is 0.461 e. The van der Waals surface area contributed by atoms with Gasteiger partial charge >= 0.3 is 5.97 Å². The van der Waals surface area contributed by atoms with E-state index >= 15 is 0 Å². The lowest BCUT2D eigenvalue weighted by atomic mass is 9.82. The fraction of sp³-hybridized carbons (Fsp3) is 0.438. The first-order chi connectivity index (χ1) is 9.99. The van der Waals surface area contributed by atoms with Gasteiger partial charge in [-0.1, -0.05) is 45.0 Å². The summed E-state index contributed by atoms with van der Waals surface area (Å²) < 4.78 is 4.98. The zero-order chi connectivity index (χ0) is 15.5. The molecule has 1 aromatic carbocycles. The van der Waals surface area contributed by atoms with Crippen LogP contribution >= 0.6 is 0 Å². The normalized spacial score (nSPS) is 11.4. The van der Waals surface area contributed by atoms with E-state index in [2.05, 4.69) is 48.3 Å². The average molecular weight is 287 g/mol. The van der Waals surface area contributed by atoms with Gasteiger partial charge in [0.05, 0.1) is 6.61 Å². The summed E-state index contributed by atoms with van der Waals surface area (Å²) in [6.07, 6.45) is 1.06. The smallest absolute Gasteiger partial charge is 0.361 e. The molecule has 0 unspecified atom stereocenters. The predicted molar refractivity (Wildman–Crippen MR) is 81.1 cm³/mol. The van der Waals surface area contributed by atoms with Crippen molar-refractivity contribution in [3.8, 4) is 11.3 Å². The van der Waals surface area contributed by atoms with Gasteiger partial charge in [0.25, 0.3) is 0 Å². The van der Waals surface area contributed by atoms with Crippen LogP contribution in [0.1, 0.15) is 50.2 Å². The Morgan fingerprint density at radius 1 is 1.19 bits per heavy atom. The molecule has 0 saturated heterocycles. The van der Waals surface area contributed by atoms with Crippen molar-refractivity contribution in [2.24, 2.45) is 0 Å². The van der Waals surface area contributed by atoms with E-state index in [-0.39, 0.29) is 11.1 Å². The number of hydrogen-bond donors (Lipinski definition) is 1. The summed E-state index contributed by atoms with van der Waals surface area (Å²) in [6.45, 7) is 8.67. The number of esters is 1. The summed E-state index contributed by atoms with van der Waals surface area (Å²) in [5, 5.41) is 10.4. The number of rotatable bonds is 5. The van der Waals surface area contributed by atoms with Gasteiger partial charge in [0, 0.05) is 5.56 Å². The van der Waals surface area contributed by atoms with E-state index < -0.39 is 5.97 Å². The number of aromatic amines is 1. The Labute approximate surface area is 124 Å². The molecule has 5 heteroatoms. The fourth-order valence-electron chi connectivity index (χ4n) is 2.06. The Bertz CT molecular complexity index is 615. The highest BCUT2D eigenvalue weighted by atomic mass is 16.5. The van der Waals surface area contributed by atoms with Crippen molar-refractivity contribution in [3.05, 3.63) is 35.5 Å². The van der Waals surface area contributed by atoms with Crippen molar-refractivity contribution >= 4 is 5.97 Å². The molecule has 21 heavy (non-hydrogen) atoms. The number of carbonyl (C=O) groups is 1. The minimum atomic E-state index is -0.459. The van der Waals surface area contributed by atoms with E-state index in [0.717, 1.165) is 12.0 Å². The van der Waals surface area contributed by atoms with Crippen LogP contribution in [0.2, 0.25) is 0 Å². The average Bonchev–Trinajstić information content (AvgIpc) is 2.97. The number of hydrogen-bond acceptors (Lipinski definition) is 4. The maximum absolute atomic E-state index is 11.8. The van der Waals surface area contributed by atoms with E-state index in [1.165, 1.54) is 5.56 Å². The number of nitrogens with zero attached hydrogens (tertiary/aromatic N) is 2. The highest BCUT2D eigenvalue weighted by Crippen LogP contribution is 2.29. The van der Waals surface area contributed by atoms with Crippen LogP contribution in [0.15, 0.2) is 24.3 Å². The van der Waals surface area contributed by atoms with Crippen molar-refractivity contribution in [1.82, 2.24) is 15.4 Å². The second-order valence-corrected chi connectivity index (χ2v) is 5.56. The molecule has 2 aromatic rings. The molecule has 5 nitrogen and oxygen atoms in total. The molecule has 1 aromatic heterocycles. The Balaban J connectivity index is 2.32. The van der Waals surface area contributed by atoms with Crippen molar-refractivity contribution in [2.45, 2.75) is 39.5 Å². The summed E-state index contributed by atoms with van der Waals surface area (Å²) in [4.78, 5) is 11.8. The van der Waals surface area contributed by atoms with Gasteiger partial charge in [-0.3, -0.25) is 0 Å². The van der Waals surface area contributed by atoms with Gasteiger partial charge in [0.1, 0.15) is 5.69 Å². The van der Waals surface area contributed by atoms with E-state index in [0.29, 0.717) is 12.3 Å². The molecule has 0 fully saturated rings. The number of carbonyl (C=O) groups excluding carboxylic acids is 1. The van der Waals surface area contributed by atoms with Crippen LogP contribution in [-0.2, 0) is 10.2 Å². The quantitative estimate of drug-likeness (QED) is 0.856. The maximum Gasteiger partial charge on any atom is 0.361 e. The van der Waals surface area contributed by atoms with Gasteiger partial charge in [-0.05, 0) is 24.3 Å². The monoisotopic (exact) mass is 287 g/mol. The predicted octanol–water partition coefficient (Wildman–Crippen LogP) is 3.34. The Hall–Kier alpha value is -2.17. The Morgan fingerprint density at radius 3 is 2.43 bits per heavy atom. The highest BCUT2D eigenvalue weighted by molar-refractivity contribution is 5.93. The number of benzene rings is 1. The lowest BCUT2D eigenvalue weighted by molar-refractivity contribution is 0.0520. The molecule has 0 aliphatic carbocycles. The van der Waals surface area contributed by atoms with Crippen LogP contribution in [0.3, 0.4) is 0 Å². The zero-order valence-electron chi connectivity index (χ0n) is 12.9. The molecule has 1 heterocycles. The molecule has 2 rings (SSSR count). The Kier molecular flexibility index (Phi) is 4.40. The number of aromatic nitrogens is 3. The van der Waals surface area contributed by atoms with Crippen molar-refractivity contribution in [2.75, 3.05) is 6.61 Å². The van der Waals surface area contributed by atoms with Crippen molar-refractivity contribution in [3.63, 3.8) is 0 Å². The first-order valence-electron chi connectivity index (χ1n) is 7.18. The molecular weight excluding hydrogens is 266 g/mol. The topological polar surface area (TPSA) is 67.9 Å². The van der Waals surface area contributed by atoms with Gasteiger partial charge in [0.2, 0.25) is 0 Å². The molecule has 0 saturated carbocycles. The second-order valence-electron chi connectivity index (χ2n) is 5.56. The van der Waals surface area contributed by atoms with E-state index in [1.807, 2.05) is 12.1 Å². The van der Waals surface area contributed by atoms with Crippen LogP contribution < -0.4 is 0 Å². The van der Waals surface area contributed by atoms with Crippen molar-refractivity contribution in [1.29, 1.82) is 0 Å². The molecule has 0 amide bonds. The second kappa shape index (κ2) is 6.08. The van der Waals surface area contributed by atoms with Crippen LogP contribution in [0.25, 0.3) is 11.3 Å². The SMILES string of the molecule is CCOC(=O)c1n[nH]nc1-c1ccc(C(C)(C)CC)cc1. The minimum absolute atomic E-state index is 0.131. The van der Waals surface area contributed by atoms with Crippen LogP contribution in [0, 0.1) is 0 Å². The first-order valence-corrected chi connectivity index (χ1v) is 7.18. The minimum Gasteiger partial charge on any atom is -0.461 e. The summed E-state index contributed by atoms with van der Waals surface area (Å²) in [6, 6.07) is 8.07. The fourth-order valence-corrected chi connectivity index (χ4v) is 2.06. The number of H-pyrrole nitrogens is 1. The lowest BCUT2D eigenvalue weighted by Crippen LogP contribution is -2.15. The third kappa shape index (κ3) is 3.12. The lowest BCUT2D eigenvalue weighted by Gasteiger charge is -2.23. The van der Waals surface area contributed by atoms with Gasteiger partial charge in [0.15, 0.2) is 5.69 Å². The summed E-state index contributed by atoms with van der Waals surface area (Å²) in [5.41, 5.74) is 2.98. The van der Waals surface area contributed by atoms with E-state index in [1.54, 1.807) is 6.92 Å². The molecule has 0 atom stereocenters. The van der Waals surface area contributed by atoms with Crippen molar-refractivity contribution < 1.29 is 9.53 Å². The molecule has 1 N–H and O–H groups in total. The molecule has 0 radical (unpaired) electrons. The summed E-state index contributed by atoms with van der Waals surface area (Å²) >= 11 is 0. The first kappa shape index (κ1) is 15.2. The summed E-state index contributed by atoms with van der Waals surface area (Å²) in [5.74, 6) is -0.459. The standard InChI is InChI=1S/C16H21N3O2/c1-5-16(3,4)12-9-7-11(8-10-12)13-14(18-19-17-13)15(20)21-6-2/h7-10H,5-6H2,1-4H3,(H,17,18,19). The van der Waals surface area contributed by atoms with E-state index in [4.69, 9.17) is 4.74 Å². The van der Waals surface area contributed by atoms with Gasteiger partial charge in [-0.25, -0.2) is 4.79 Å². The zero-order valence-corrected chi connectivity index (χ0v) is 12.9. The highest BCUT2D eigenvalue weighted by Gasteiger charge is 2.21. The molecular formula is C16H21N3O2. The van der Waals surface area contributed by atoms with Gasteiger partial charge in [-0.2, -0.15) is 10.3 Å². The summed E-state index contributed by atoms with van der Waals surface area (Å²) in [7, 11) is 0. The van der Waals surface area contributed by atoms with Crippen LogP contribution in [0.5, 0.6) is 0 Å². The van der Waals surface area contributed by atoms with Crippen LogP contribution in [-0.4, -0.2) is 28.0 Å².